The van der Waals surface area contributed by atoms with Crippen LogP contribution in [-0.2, 0) is 24.7 Å². The van der Waals surface area contributed by atoms with Crippen LogP contribution in [-0.4, -0.2) is 42.2 Å². The Morgan fingerprint density at radius 3 is 2.31 bits per heavy atom. The normalized spacial score (nSPS) is 11.7. The molecule has 3 rings (SSSR count). The molecule has 2 aromatic carbocycles. The molecule has 0 fully saturated rings. The van der Waals surface area contributed by atoms with Crippen LogP contribution in [0.5, 0.6) is 5.75 Å². The second-order valence-corrected chi connectivity index (χ2v) is 12.0. The summed E-state index contributed by atoms with van der Waals surface area (Å²) < 4.78 is 56.4. The van der Waals surface area contributed by atoms with Gasteiger partial charge in [0, 0.05) is 7.05 Å². The van der Waals surface area contributed by atoms with Crippen LogP contribution in [0.3, 0.4) is 0 Å². The maximum atomic E-state index is 12.6. The number of hydrogen-bond acceptors (Lipinski definition) is 7. The maximum Gasteiger partial charge on any atom is 0.273 e. The van der Waals surface area contributed by atoms with Gasteiger partial charge in [-0.15, -0.1) is 11.3 Å². The number of amides is 1. The molecular formula is C21H22N2O6S3. The summed E-state index contributed by atoms with van der Waals surface area (Å²) in [5.41, 5.74) is 0.632. The van der Waals surface area contributed by atoms with Gasteiger partial charge >= 0.3 is 0 Å². The van der Waals surface area contributed by atoms with Crippen molar-refractivity contribution in [2.45, 2.75) is 16.0 Å². The minimum absolute atomic E-state index is 0.0511. The van der Waals surface area contributed by atoms with Crippen molar-refractivity contribution in [2.75, 3.05) is 29.0 Å². The number of carbonyl (C=O) groups excluding carboxylic acids is 1. The third-order valence-electron chi connectivity index (χ3n) is 4.56. The molecule has 1 N–H and O–H groups in total. The Labute approximate surface area is 191 Å². The van der Waals surface area contributed by atoms with Gasteiger partial charge < -0.3 is 10.1 Å². The lowest BCUT2D eigenvalue weighted by atomic mass is 10.3. The Kier molecular flexibility index (Phi) is 7.22. The minimum atomic E-state index is -3.64. The molecule has 0 bridgehead atoms. The first-order valence-corrected chi connectivity index (χ1v) is 13.5. The van der Waals surface area contributed by atoms with Crippen molar-refractivity contribution in [3.8, 4) is 5.75 Å². The third kappa shape index (κ3) is 5.29. The molecule has 0 aliphatic heterocycles. The summed E-state index contributed by atoms with van der Waals surface area (Å²) >= 11 is 1.14. The van der Waals surface area contributed by atoms with Gasteiger partial charge in [0.1, 0.15) is 9.96 Å². The largest absolute Gasteiger partial charge is 0.484 e. The number of sulfone groups is 1. The number of anilines is 2. The molecule has 0 atom stereocenters. The van der Waals surface area contributed by atoms with E-state index in [9.17, 15) is 21.6 Å². The van der Waals surface area contributed by atoms with Crippen molar-refractivity contribution in [2.24, 2.45) is 0 Å². The number of sulfonamides is 1. The predicted octanol–water partition coefficient (Wildman–Crippen LogP) is 3.38. The smallest absolute Gasteiger partial charge is 0.273 e. The Morgan fingerprint density at radius 1 is 1.00 bits per heavy atom. The lowest BCUT2D eigenvalue weighted by Crippen LogP contribution is -2.25. The summed E-state index contributed by atoms with van der Waals surface area (Å²) in [6.07, 6.45) is 0. The average Bonchev–Trinajstić information content (AvgIpc) is 3.34. The van der Waals surface area contributed by atoms with E-state index in [4.69, 9.17) is 4.74 Å². The van der Waals surface area contributed by atoms with Crippen LogP contribution in [0.4, 0.5) is 11.4 Å². The van der Waals surface area contributed by atoms with Crippen LogP contribution >= 0.6 is 11.3 Å². The molecule has 1 amide bonds. The van der Waals surface area contributed by atoms with Gasteiger partial charge in [0.25, 0.3) is 15.9 Å². The summed E-state index contributed by atoms with van der Waals surface area (Å²) in [4.78, 5) is 12.3. The summed E-state index contributed by atoms with van der Waals surface area (Å²) in [7, 11) is -5.68. The first-order chi connectivity index (χ1) is 15.1. The van der Waals surface area contributed by atoms with E-state index in [1.807, 2.05) is 0 Å². The van der Waals surface area contributed by atoms with Gasteiger partial charge in [0.15, 0.2) is 16.4 Å². The van der Waals surface area contributed by atoms with E-state index in [0.717, 1.165) is 11.3 Å². The summed E-state index contributed by atoms with van der Waals surface area (Å²) in [5, 5.41) is 4.25. The number of hydrogen-bond donors (Lipinski definition) is 1. The number of thiophene rings is 1. The number of nitrogens with one attached hydrogen (secondary N) is 1. The fourth-order valence-electron chi connectivity index (χ4n) is 2.77. The van der Waals surface area contributed by atoms with E-state index in [1.54, 1.807) is 47.8 Å². The van der Waals surface area contributed by atoms with Gasteiger partial charge in [-0.05, 0) is 47.8 Å². The van der Waals surface area contributed by atoms with Crippen molar-refractivity contribution in [3.05, 3.63) is 66.0 Å². The van der Waals surface area contributed by atoms with Crippen molar-refractivity contribution < 1.29 is 26.4 Å². The zero-order valence-corrected chi connectivity index (χ0v) is 19.8. The molecule has 32 heavy (non-hydrogen) atoms. The van der Waals surface area contributed by atoms with Crippen LogP contribution < -0.4 is 14.4 Å². The standard InChI is InChI=1S/C21H22N2O6S3/c1-3-31(25,26)19-8-5-4-7-18(19)22-20(24)15-29-17-12-10-16(11-13-17)23(2)32(27,28)21-9-6-14-30-21/h4-14H,3,15H2,1-2H3,(H,22,24). The lowest BCUT2D eigenvalue weighted by Gasteiger charge is -2.18. The molecule has 0 radical (unpaired) electrons. The molecule has 8 nitrogen and oxygen atoms in total. The molecule has 0 spiro atoms. The number of para-hydroxylation sites is 1. The molecule has 11 heteroatoms. The van der Waals surface area contributed by atoms with E-state index in [2.05, 4.69) is 5.32 Å². The second kappa shape index (κ2) is 9.72. The highest BCUT2D eigenvalue weighted by Gasteiger charge is 2.22. The zero-order valence-electron chi connectivity index (χ0n) is 17.4. The van der Waals surface area contributed by atoms with Crippen molar-refractivity contribution >= 4 is 48.5 Å². The number of benzene rings is 2. The van der Waals surface area contributed by atoms with Gasteiger partial charge in [-0.3, -0.25) is 9.10 Å². The Balaban J connectivity index is 1.63. The van der Waals surface area contributed by atoms with E-state index in [1.165, 1.54) is 36.5 Å². The SMILES string of the molecule is CCS(=O)(=O)c1ccccc1NC(=O)COc1ccc(N(C)S(=O)(=O)c2cccs2)cc1. The molecule has 170 valence electrons. The van der Waals surface area contributed by atoms with E-state index in [-0.39, 0.29) is 27.2 Å². The van der Waals surface area contributed by atoms with Gasteiger partial charge in [0.05, 0.1) is 22.0 Å². The molecule has 0 aliphatic carbocycles. The first-order valence-electron chi connectivity index (χ1n) is 9.52. The predicted molar refractivity (Wildman–Crippen MR) is 125 cm³/mol. The lowest BCUT2D eigenvalue weighted by molar-refractivity contribution is -0.118. The quantitative estimate of drug-likeness (QED) is 0.488. The Bertz CT molecular complexity index is 1290. The maximum absolute atomic E-state index is 12.6. The van der Waals surface area contributed by atoms with Gasteiger partial charge in [-0.1, -0.05) is 25.1 Å². The highest BCUT2D eigenvalue weighted by atomic mass is 32.2. The van der Waals surface area contributed by atoms with E-state index >= 15 is 0 Å². The van der Waals surface area contributed by atoms with Crippen molar-refractivity contribution in [1.82, 2.24) is 0 Å². The fourth-order valence-corrected chi connectivity index (χ4v) is 6.18. The van der Waals surface area contributed by atoms with Crippen LogP contribution in [0.15, 0.2) is 75.1 Å². The number of nitrogens with zero attached hydrogens (tertiary/aromatic N) is 1. The van der Waals surface area contributed by atoms with Crippen LogP contribution in [0.25, 0.3) is 0 Å². The topological polar surface area (TPSA) is 110 Å². The van der Waals surface area contributed by atoms with Gasteiger partial charge in [-0.25, -0.2) is 16.8 Å². The van der Waals surface area contributed by atoms with Crippen molar-refractivity contribution in [1.29, 1.82) is 0 Å². The number of carbonyl (C=O) groups is 1. The molecule has 1 heterocycles. The summed E-state index contributed by atoms with van der Waals surface area (Å²) in [6.45, 7) is 1.19. The van der Waals surface area contributed by atoms with Crippen LogP contribution in [0.1, 0.15) is 6.92 Å². The Hall–Kier alpha value is -2.89. The first kappa shape index (κ1) is 23.8. The minimum Gasteiger partial charge on any atom is -0.484 e. The molecule has 1 aromatic heterocycles. The van der Waals surface area contributed by atoms with Crippen LogP contribution in [0, 0.1) is 0 Å². The molecule has 0 saturated heterocycles. The number of rotatable bonds is 9. The van der Waals surface area contributed by atoms with Crippen LogP contribution in [0.2, 0.25) is 0 Å². The average molecular weight is 495 g/mol. The van der Waals surface area contributed by atoms with Crippen molar-refractivity contribution in [3.63, 3.8) is 0 Å². The summed E-state index contributed by atoms with van der Waals surface area (Å²) in [6, 6.07) is 15.6. The molecule has 0 unspecified atom stereocenters. The van der Waals surface area contributed by atoms with Gasteiger partial charge in [-0.2, -0.15) is 0 Å². The molecule has 0 saturated carbocycles. The highest BCUT2D eigenvalue weighted by Crippen LogP contribution is 2.27. The van der Waals surface area contributed by atoms with E-state index in [0.29, 0.717) is 11.4 Å². The van der Waals surface area contributed by atoms with Gasteiger partial charge in [0.2, 0.25) is 0 Å². The third-order valence-corrected chi connectivity index (χ3v) is 9.50. The number of ether oxygens (including phenoxy) is 1. The monoisotopic (exact) mass is 494 g/mol. The second-order valence-electron chi connectivity index (χ2n) is 6.63. The zero-order chi connectivity index (χ0) is 23.4. The van der Waals surface area contributed by atoms with E-state index < -0.39 is 25.8 Å². The fraction of sp³-hybridized carbons (Fsp3) is 0.190. The summed E-state index contributed by atoms with van der Waals surface area (Å²) in [5.74, 6) is -0.246. The molecular weight excluding hydrogens is 472 g/mol. The molecule has 3 aromatic rings. The molecule has 0 aliphatic rings. The Morgan fingerprint density at radius 2 is 1.69 bits per heavy atom. The highest BCUT2D eigenvalue weighted by molar-refractivity contribution is 7.94.